The SMILES string of the molecule is Cc1cc(C)n(CCC(=O)N2CC[C@@]3(C2)NCc2ccccc2NC3=NC(C)(C)C)n1. The molecule has 0 radical (unpaired) electrons. The molecule has 0 saturated carbocycles. The minimum absolute atomic E-state index is 0.170. The molecule has 0 unspecified atom stereocenters. The van der Waals surface area contributed by atoms with Gasteiger partial charge in [-0.25, -0.2) is 0 Å². The number of aromatic nitrogens is 2. The minimum Gasteiger partial charge on any atom is -0.342 e. The molecule has 1 spiro atoms. The van der Waals surface area contributed by atoms with Gasteiger partial charge in [-0.1, -0.05) is 18.2 Å². The monoisotopic (exact) mass is 422 g/mol. The quantitative estimate of drug-likeness (QED) is 0.796. The number of hydrogen-bond acceptors (Lipinski definition) is 4. The van der Waals surface area contributed by atoms with Crippen LogP contribution >= 0.6 is 0 Å². The first kappa shape index (κ1) is 21.6. The number of benzene rings is 1. The van der Waals surface area contributed by atoms with Crippen LogP contribution in [0.3, 0.4) is 0 Å². The number of fused-ring (bicyclic) bond motifs is 1. The summed E-state index contributed by atoms with van der Waals surface area (Å²) in [5, 5.41) is 11.8. The largest absolute Gasteiger partial charge is 0.342 e. The lowest BCUT2D eigenvalue weighted by Gasteiger charge is -2.32. The molecular formula is C24H34N6O. The third-order valence-electron chi connectivity index (χ3n) is 6.05. The third kappa shape index (κ3) is 4.66. The zero-order valence-electron chi connectivity index (χ0n) is 19.3. The van der Waals surface area contributed by atoms with E-state index in [1.54, 1.807) is 0 Å². The maximum atomic E-state index is 13.1. The standard InChI is InChI=1S/C24H34N6O/c1-17-14-18(2)30(28-17)12-10-21(31)29-13-11-24(16-29)22(27-23(3,4)5)26-20-9-7-6-8-19(20)15-25-24/h6-9,14,25H,10-13,15-16H2,1-5H3,(H,26,27)/t24-/m0/s1. The number of para-hydroxylation sites is 1. The molecule has 4 rings (SSSR count). The molecule has 2 N–H and O–H groups in total. The van der Waals surface area contributed by atoms with Crippen LogP contribution in [0.25, 0.3) is 0 Å². The molecule has 1 aromatic carbocycles. The van der Waals surface area contributed by atoms with Crippen LogP contribution in [-0.2, 0) is 17.9 Å². The van der Waals surface area contributed by atoms with E-state index in [0.29, 0.717) is 19.5 Å². The number of carbonyl (C=O) groups is 1. The van der Waals surface area contributed by atoms with Crippen molar-refractivity contribution in [1.82, 2.24) is 20.0 Å². The fourth-order valence-electron chi connectivity index (χ4n) is 4.48. The molecule has 2 aromatic rings. The predicted octanol–water partition coefficient (Wildman–Crippen LogP) is 3.27. The van der Waals surface area contributed by atoms with Crippen molar-refractivity contribution >= 4 is 17.4 Å². The van der Waals surface area contributed by atoms with E-state index in [4.69, 9.17) is 4.99 Å². The summed E-state index contributed by atoms with van der Waals surface area (Å²) in [6.07, 6.45) is 1.30. The van der Waals surface area contributed by atoms with Gasteiger partial charge < -0.3 is 10.2 Å². The number of carbonyl (C=O) groups excluding carboxylic acids is 1. The zero-order chi connectivity index (χ0) is 22.2. The number of nitrogens with zero attached hydrogens (tertiary/aromatic N) is 4. The van der Waals surface area contributed by atoms with Gasteiger partial charge in [0.15, 0.2) is 0 Å². The van der Waals surface area contributed by atoms with Gasteiger partial charge in [0, 0.05) is 44.0 Å². The Morgan fingerprint density at radius 2 is 2.03 bits per heavy atom. The second-order valence-corrected chi connectivity index (χ2v) is 9.81. The molecule has 3 heterocycles. The van der Waals surface area contributed by atoms with Gasteiger partial charge in [-0.15, -0.1) is 0 Å². The Hall–Kier alpha value is -2.67. The first-order chi connectivity index (χ1) is 14.7. The molecule has 2 aliphatic heterocycles. The first-order valence-electron chi connectivity index (χ1n) is 11.1. The number of amidine groups is 1. The first-order valence-corrected chi connectivity index (χ1v) is 11.1. The van der Waals surface area contributed by atoms with Gasteiger partial charge in [0.25, 0.3) is 0 Å². The molecule has 1 fully saturated rings. The molecule has 0 bridgehead atoms. The molecular weight excluding hydrogens is 388 g/mol. The lowest BCUT2D eigenvalue weighted by Crippen LogP contribution is -2.56. The van der Waals surface area contributed by atoms with Crippen molar-refractivity contribution in [1.29, 1.82) is 0 Å². The maximum Gasteiger partial charge on any atom is 0.224 e. The number of aliphatic imine (C=N–C) groups is 1. The summed E-state index contributed by atoms with van der Waals surface area (Å²) in [4.78, 5) is 20.1. The smallest absolute Gasteiger partial charge is 0.224 e. The topological polar surface area (TPSA) is 74.6 Å². The predicted molar refractivity (Wildman–Crippen MR) is 124 cm³/mol. The van der Waals surface area contributed by atoms with Crippen molar-refractivity contribution in [2.24, 2.45) is 4.99 Å². The summed E-state index contributed by atoms with van der Waals surface area (Å²) < 4.78 is 1.92. The zero-order valence-corrected chi connectivity index (χ0v) is 19.3. The summed E-state index contributed by atoms with van der Waals surface area (Å²) in [7, 11) is 0. The Kier molecular flexibility index (Phi) is 5.64. The number of rotatable bonds is 3. The summed E-state index contributed by atoms with van der Waals surface area (Å²) in [6.45, 7) is 13.1. The second-order valence-electron chi connectivity index (χ2n) is 9.81. The van der Waals surface area contributed by atoms with Crippen molar-refractivity contribution in [3.05, 3.63) is 47.3 Å². The van der Waals surface area contributed by atoms with Crippen LogP contribution < -0.4 is 10.6 Å². The Balaban J connectivity index is 1.52. The average Bonchev–Trinajstić information content (AvgIpc) is 3.23. The van der Waals surface area contributed by atoms with Crippen LogP contribution in [0.1, 0.15) is 50.6 Å². The summed E-state index contributed by atoms with van der Waals surface area (Å²) >= 11 is 0. The summed E-state index contributed by atoms with van der Waals surface area (Å²) in [5.41, 5.74) is 3.81. The number of anilines is 1. The molecule has 1 amide bonds. The van der Waals surface area contributed by atoms with Gasteiger partial charge in [0.2, 0.25) is 5.91 Å². The fraction of sp³-hybridized carbons (Fsp3) is 0.542. The van der Waals surface area contributed by atoms with E-state index in [-0.39, 0.29) is 17.0 Å². The summed E-state index contributed by atoms with van der Waals surface area (Å²) in [5.74, 6) is 1.10. The van der Waals surface area contributed by atoms with Crippen molar-refractivity contribution in [3.8, 4) is 0 Å². The van der Waals surface area contributed by atoms with Crippen LogP contribution in [0.2, 0.25) is 0 Å². The third-order valence-corrected chi connectivity index (χ3v) is 6.05. The van der Waals surface area contributed by atoms with Gasteiger partial charge >= 0.3 is 0 Å². The molecule has 31 heavy (non-hydrogen) atoms. The van der Waals surface area contributed by atoms with Gasteiger partial charge in [0.1, 0.15) is 5.84 Å². The molecule has 7 nitrogen and oxygen atoms in total. The van der Waals surface area contributed by atoms with Crippen molar-refractivity contribution < 1.29 is 4.79 Å². The lowest BCUT2D eigenvalue weighted by atomic mass is 9.95. The van der Waals surface area contributed by atoms with E-state index < -0.39 is 0 Å². The van der Waals surface area contributed by atoms with Crippen LogP contribution in [0.4, 0.5) is 5.69 Å². The van der Waals surface area contributed by atoms with Crippen LogP contribution in [0.5, 0.6) is 0 Å². The maximum absolute atomic E-state index is 13.1. The molecule has 1 aromatic heterocycles. The summed E-state index contributed by atoms with van der Waals surface area (Å²) in [6, 6.07) is 10.4. The average molecular weight is 423 g/mol. The number of aryl methyl sites for hydroxylation is 3. The van der Waals surface area contributed by atoms with E-state index in [2.05, 4.69) is 54.7 Å². The van der Waals surface area contributed by atoms with Gasteiger partial charge in [-0.3, -0.25) is 19.8 Å². The van der Waals surface area contributed by atoms with E-state index in [0.717, 1.165) is 42.4 Å². The van der Waals surface area contributed by atoms with E-state index in [1.807, 2.05) is 35.6 Å². The molecule has 0 aliphatic carbocycles. The van der Waals surface area contributed by atoms with E-state index >= 15 is 0 Å². The highest BCUT2D eigenvalue weighted by Gasteiger charge is 2.45. The Morgan fingerprint density at radius 1 is 1.26 bits per heavy atom. The Labute approximate surface area is 184 Å². The van der Waals surface area contributed by atoms with E-state index in [9.17, 15) is 4.79 Å². The van der Waals surface area contributed by atoms with Crippen molar-refractivity contribution in [2.75, 3.05) is 18.4 Å². The highest BCUT2D eigenvalue weighted by Crippen LogP contribution is 2.31. The normalized spacial score (nSPS) is 22.5. The van der Waals surface area contributed by atoms with Crippen LogP contribution in [0.15, 0.2) is 35.3 Å². The van der Waals surface area contributed by atoms with Crippen molar-refractivity contribution in [2.45, 2.75) is 71.6 Å². The van der Waals surface area contributed by atoms with Gasteiger partial charge in [0.05, 0.1) is 16.8 Å². The highest BCUT2D eigenvalue weighted by atomic mass is 16.2. The van der Waals surface area contributed by atoms with Crippen molar-refractivity contribution in [3.63, 3.8) is 0 Å². The molecule has 1 atom stereocenters. The molecule has 1 saturated heterocycles. The molecule has 166 valence electrons. The van der Waals surface area contributed by atoms with Gasteiger partial charge in [-0.05, 0) is 58.7 Å². The number of likely N-dealkylation sites (tertiary alicyclic amines) is 1. The lowest BCUT2D eigenvalue weighted by molar-refractivity contribution is -0.130. The Bertz CT molecular complexity index is 1000. The number of hydrogen-bond donors (Lipinski definition) is 2. The molecule has 2 aliphatic rings. The number of amides is 1. The highest BCUT2D eigenvalue weighted by molar-refractivity contribution is 6.04. The fourth-order valence-corrected chi connectivity index (χ4v) is 4.48. The second kappa shape index (κ2) is 8.11. The van der Waals surface area contributed by atoms with Crippen LogP contribution in [0, 0.1) is 13.8 Å². The van der Waals surface area contributed by atoms with Crippen LogP contribution in [-0.4, -0.2) is 50.6 Å². The number of nitrogens with one attached hydrogen (secondary N) is 2. The van der Waals surface area contributed by atoms with Gasteiger partial charge in [-0.2, -0.15) is 5.10 Å². The molecule has 7 heteroatoms. The van der Waals surface area contributed by atoms with E-state index in [1.165, 1.54) is 5.56 Å². The minimum atomic E-state index is -0.361. The Morgan fingerprint density at radius 3 is 2.74 bits per heavy atom.